The Bertz CT molecular complexity index is 623. The van der Waals surface area contributed by atoms with Gasteiger partial charge in [-0.15, -0.1) is 0 Å². The molecule has 2 aromatic rings. The molecular formula is C13H13ClF3N3O. The number of hydrogen-bond acceptors (Lipinski definition) is 3. The highest BCUT2D eigenvalue weighted by molar-refractivity contribution is 6.31. The molecule has 0 amide bonds. The Hall–Kier alpha value is -1.60. The second-order valence-corrected chi connectivity index (χ2v) is 5.20. The molecule has 0 saturated heterocycles. The third-order valence-corrected chi connectivity index (χ3v) is 3.22. The molecule has 0 bridgehead atoms. The Morgan fingerprint density at radius 1 is 1.24 bits per heavy atom. The van der Waals surface area contributed by atoms with E-state index in [0.717, 1.165) is 12.1 Å². The van der Waals surface area contributed by atoms with E-state index in [1.165, 1.54) is 10.9 Å². The second kappa shape index (κ2) is 5.65. The zero-order valence-electron chi connectivity index (χ0n) is 11.3. The molecule has 0 aliphatic carbocycles. The second-order valence-electron chi connectivity index (χ2n) is 4.79. The van der Waals surface area contributed by atoms with Crippen molar-refractivity contribution in [2.45, 2.75) is 32.2 Å². The molecule has 21 heavy (non-hydrogen) atoms. The normalized spacial score (nSPS) is 13.7. The molecule has 2 heterocycles. The molecule has 0 aromatic carbocycles. The Labute approximate surface area is 124 Å². The molecule has 1 unspecified atom stereocenters. The minimum atomic E-state index is -4.46. The summed E-state index contributed by atoms with van der Waals surface area (Å²) < 4.78 is 39.0. The van der Waals surface area contributed by atoms with Crippen molar-refractivity contribution in [3.63, 3.8) is 0 Å². The quantitative estimate of drug-likeness (QED) is 0.940. The summed E-state index contributed by atoms with van der Waals surface area (Å²) in [5.74, 6) is 0. The maximum atomic E-state index is 12.5. The molecule has 0 saturated carbocycles. The maximum absolute atomic E-state index is 12.5. The summed E-state index contributed by atoms with van der Waals surface area (Å²) in [6.45, 7) is 3.69. The number of rotatable bonds is 3. The molecule has 1 N–H and O–H groups in total. The summed E-state index contributed by atoms with van der Waals surface area (Å²) in [5, 5.41) is 14.6. The highest BCUT2D eigenvalue weighted by Crippen LogP contribution is 2.32. The van der Waals surface area contributed by atoms with E-state index in [1.807, 2.05) is 13.8 Å². The van der Waals surface area contributed by atoms with Gasteiger partial charge in [0.25, 0.3) is 0 Å². The minimum Gasteiger partial charge on any atom is -0.380 e. The number of halogens is 4. The Morgan fingerprint density at radius 3 is 2.38 bits per heavy atom. The van der Waals surface area contributed by atoms with Crippen LogP contribution in [0.1, 0.15) is 42.9 Å². The van der Waals surface area contributed by atoms with Gasteiger partial charge in [0.2, 0.25) is 0 Å². The van der Waals surface area contributed by atoms with Crippen LogP contribution in [0.25, 0.3) is 0 Å². The molecule has 0 fully saturated rings. The third kappa shape index (κ3) is 3.19. The zero-order chi connectivity index (χ0) is 15.8. The summed E-state index contributed by atoms with van der Waals surface area (Å²) >= 11 is 5.99. The fraction of sp³-hybridized carbons (Fsp3) is 0.385. The van der Waals surface area contributed by atoms with Crippen molar-refractivity contribution in [3.8, 4) is 0 Å². The van der Waals surface area contributed by atoms with E-state index in [4.69, 9.17) is 11.6 Å². The number of aliphatic hydroxyl groups excluding tert-OH is 1. The molecule has 114 valence electrons. The van der Waals surface area contributed by atoms with Gasteiger partial charge in [0, 0.05) is 12.2 Å². The van der Waals surface area contributed by atoms with Gasteiger partial charge in [0.15, 0.2) is 0 Å². The Kier molecular flexibility index (Phi) is 4.25. The van der Waals surface area contributed by atoms with Gasteiger partial charge in [-0.05, 0) is 26.0 Å². The number of nitrogens with zero attached hydrogens (tertiary/aromatic N) is 3. The molecule has 1 atom stereocenters. The molecule has 8 heteroatoms. The van der Waals surface area contributed by atoms with Crippen molar-refractivity contribution < 1.29 is 18.3 Å². The first-order valence-electron chi connectivity index (χ1n) is 6.16. The van der Waals surface area contributed by atoms with E-state index < -0.39 is 17.8 Å². The lowest BCUT2D eigenvalue weighted by molar-refractivity contribution is -0.137. The van der Waals surface area contributed by atoms with Crippen LogP contribution in [0.2, 0.25) is 5.02 Å². The SMILES string of the molecule is CC(C)n1ncc(Cl)c1C(O)c1ccc(C(F)(F)F)cn1. The Balaban J connectivity index is 2.37. The van der Waals surface area contributed by atoms with Crippen LogP contribution in [0.15, 0.2) is 24.5 Å². The lowest BCUT2D eigenvalue weighted by Crippen LogP contribution is -2.14. The monoisotopic (exact) mass is 319 g/mol. The molecule has 0 radical (unpaired) electrons. The summed E-state index contributed by atoms with van der Waals surface area (Å²) in [5.41, 5.74) is -0.492. The molecule has 0 aliphatic rings. The van der Waals surface area contributed by atoms with Gasteiger partial charge in [-0.2, -0.15) is 18.3 Å². The highest BCUT2D eigenvalue weighted by atomic mass is 35.5. The largest absolute Gasteiger partial charge is 0.417 e. The zero-order valence-corrected chi connectivity index (χ0v) is 12.0. The van der Waals surface area contributed by atoms with Gasteiger partial charge in [-0.3, -0.25) is 9.67 Å². The smallest absolute Gasteiger partial charge is 0.380 e. The number of pyridine rings is 1. The first kappa shape index (κ1) is 15.8. The lowest BCUT2D eigenvalue weighted by Gasteiger charge is -2.16. The van der Waals surface area contributed by atoms with Crippen molar-refractivity contribution in [2.24, 2.45) is 0 Å². The van der Waals surface area contributed by atoms with E-state index in [2.05, 4.69) is 10.1 Å². The highest BCUT2D eigenvalue weighted by Gasteiger charge is 2.31. The van der Waals surface area contributed by atoms with Gasteiger partial charge >= 0.3 is 6.18 Å². The van der Waals surface area contributed by atoms with Gasteiger partial charge in [-0.25, -0.2) is 0 Å². The van der Waals surface area contributed by atoms with Crippen LogP contribution < -0.4 is 0 Å². The summed E-state index contributed by atoms with van der Waals surface area (Å²) in [7, 11) is 0. The molecule has 2 rings (SSSR count). The summed E-state index contributed by atoms with van der Waals surface area (Å²) in [6, 6.07) is 1.94. The Morgan fingerprint density at radius 2 is 1.90 bits per heavy atom. The predicted molar refractivity (Wildman–Crippen MR) is 70.9 cm³/mol. The van der Waals surface area contributed by atoms with Crippen LogP contribution in [0, 0.1) is 0 Å². The van der Waals surface area contributed by atoms with Gasteiger partial charge in [-0.1, -0.05) is 11.6 Å². The van der Waals surface area contributed by atoms with Gasteiger partial charge in [0.05, 0.1) is 28.2 Å². The van der Waals surface area contributed by atoms with E-state index in [9.17, 15) is 18.3 Å². The molecular weight excluding hydrogens is 307 g/mol. The first-order valence-corrected chi connectivity index (χ1v) is 6.53. The van der Waals surface area contributed by atoms with E-state index >= 15 is 0 Å². The standard InChI is InChI=1S/C13H13ClF3N3O/c1-7(2)20-11(9(14)6-19-20)12(21)10-4-3-8(5-18-10)13(15,16)17/h3-7,12,21H,1-2H3. The van der Waals surface area contributed by atoms with Crippen LogP contribution in [-0.4, -0.2) is 19.9 Å². The van der Waals surface area contributed by atoms with E-state index in [0.29, 0.717) is 11.9 Å². The van der Waals surface area contributed by atoms with Crippen LogP contribution in [0.4, 0.5) is 13.2 Å². The van der Waals surface area contributed by atoms with E-state index in [1.54, 1.807) is 0 Å². The average Bonchev–Trinajstić information content (AvgIpc) is 2.79. The number of aromatic nitrogens is 3. The van der Waals surface area contributed by atoms with Crippen molar-refractivity contribution in [2.75, 3.05) is 0 Å². The van der Waals surface area contributed by atoms with Crippen LogP contribution >= 0.6 is 11.6 Å². The molecule has 4 nitrogen and oxygen atoms in total. The molecule has 0 spiro atoms. The lowest BCUT2D eigenvalue weighted by atomic mass is 10.1. The van der Waals surface area contributed by atoms with E-state index in [-0.39, 0.29) is 16.8 Å². The van der Waals surface area contributed by atoms with Gasteiger partial charge in [0.1, 0.15) is 6.10 Å². The molecule has 0 aliphatic heterocycles. The topological polar surface area (TPSA) is 50.9 Å². The molecule has 2 aromatic heterocycles. The predicted octanol–water partition coefficient (Wildman–Crippen LogP) is 3.61. The van der Waals surface area contributed by atoms with Crippen molar-refractivity contribution in [1.29, 1.82) is 0 Å². The van der Waals surface area contributed by atoms with Crippen molar-refractivity contribution in [1.82, 2.24) is 14.8 Å². The number of hydrogen-bond donors (Lipinski definition) is 1. The first-order chi connectivity index (χ1) is 9.71. The minimum absolute atomic E-state index is 0.0587. The fourth-order valence-electron chi connectivity index (χ4n) is 1.89. The summed E-state index contributed by atoms with van der Waals surface area (Å²) in [6.07, 6.45) is -3.65. The average molecular weight is 320 g/mol. The maximum Gasteiger partial charge on any atom is 0.417 e. The van der Waals surface area contributed by atoms with Crippen molar-refractivity contribution in [3.05, 3.63) is 46.5 Å². The van der Waals surface area contributed by atoms with Gasteiger partial charge < -0.3 is 5.11 Å². The third-order valence-electron chi connectivity index (χ3n) is 2.93. The van der Waals surface area contributed by atoms with Crippen LogP contribution in [-0.2, 0) is 6.18 Å². The van der Waals surface area contributed by atoms with Crippen LogP contribution in [0.5, 0.6) is 0 Å². The number of alkyl halides is 3. The van der Waals surface area contributed by atoms with Crippen LogP contribution in [0.3, 0.4) is 0 Å². The number of aliphatic hydroxyl groups is 1. The summed E-state index contributed by atoms with van der Waals surface area (Å²) in [4.78, 5) is 3.67. The van der Waals surface area contributed by atoms with Crippen molar-refractivity contribution >= 4 is 11.6 Å². The fourth-order valence-corrected chi connectivity index (χ4v) is 2.13.